The Hall–Kier alpha value is -4.23. The van der Waals surface area contributed by atoms with E-state index in [4.69, 9.17) is 11.6 Å². The largest absolute Gasteiger partial charge is 0.508 e. The lowest BCUT2D eigenvalue weighted by Crippen LogP contribution is -2.48. The van der Waals surface area contributed by atoms with Crippen molar-refractivity contribution in [1.29, 1.82) is 0 Å². The molecular weight excluding hydrogens is 564 g/mol. The molecule has 0 spiro atoms. The molecule has 2 heterocycles. The van der Waals surface area contributed by atoms with Crippen LogP contribution in [-0.4, -0.2) is 28.7 Å². The number of amides is 4. The number of benzene rings is 3. The monoisotopic (exact) mass is 594 g/mol. The predicted molar refractivity (Wildman–Crippen MR) is 163 cm³/mol. The van der Waals surface area contributed by atoms with Gasteiger partial charge in [-0.15, -0.1) is 0 Å². The Morgan fingerprint density at radius 1 is 0.814 bits per heavy atom. The third-order valence-corrected chi connectivity index (χ3v) is 10.7. The Kier molecular flexibility index (Phi) is 6.19. The van der Waals surface area contributed by atoms with Gasteiger partial charge in [-0.2, -0.15) is 0 Å². The number of nitrogens with zero attached hydrogens (tertiary/aromatic N) is 2. The molecule has 3 aromatic carbocycles. The summed E-state index contributed by atoms with van der Waals surface area (Å²) in [5.74, 6) is -3.86. The molecule has 6 atom stereocenters. The van der Waals surface area contributed by atoms with Gasteiger partial charge in [-0.3, -0.25) is 19.2 Å². The predicted octanol–water partition coefficient (Wildman–Crippen LogP) is 6.10. The Balaban J connectivity index is 1.37. The molecule has 0 unspecified atom stereocenters. The highest BCUT2D eigenvalue weighted by atomic mass is 35.5. The molecule has 1 N–H and O–H groups in total. The SMILES string of the molecule is Cc1cc([C@H]2C3=CC[C@@H]4C(=O)N(c5ccc(C)c(Cl)c5)C(=O)[C@@H]4[C@@H]3C[C@H]3C(=O)N(c4ccccc4)C(=O)[C@@]23C)ccc1O. The number of phenolic OH excluding ortho intramolecular Hbond substituents is 1. The van der Waals surface area contributed by atoms with Crippen LogP contribution in [0.15, 0.2) is 78.4 Å². The second kappa shape index (κ2) is 9.64. The number of rotatable bonds is 3. The molecule has 0 aromatic heterocycles. The fourth-order valence-electron chi connectivity index (χ4n) is 8.05. The van der Waals surface area contributed by atoms with E-state index in [-0.39, 0.29) is 35.8 Å². The molecule has 2 saturated heterocycles. The van der Waals surface area contributed by atoms with Gasteiger partial charge in [0.2, 0.25) is 23.6 Å². The summed E-state index contributed by atoms with van der Waals surface area (Å²) in [6.07, 6.45) is 2.67. The van der Waals surface area contributed by atoms with Gasteiger partial charge in [0, 0.05) is 10.9 Å². The van der Waals surface area contributed by atoms with Crippen LogP contribution in [0.4, 0.5) is 11.4 Å². The number of anilines is 2. The summed E-state index contributed by atoms with van der Waals surface area (Å²) >= 11 is 6.38. The van der Waals surface area contributed by atoms with Gasteiger partial charge in [0.25, 0.3) is 0 Å². The van der Waals surface area contributed by atoms with Crippen molar-refractivity contribution in [2.24, 2.45) is 29.1 Å². The van der Waals surface area contributed by atoms with Crippen LogP contribution in [0.5, 0.6) is 5.75 Å². The first-order chi connectivity index (χ1) is 20.5. The molecule has 4 aliphatic rings. The van der Waals surface area contributed by atoms with Crippen molar-refractivity contribution in [1.82, 2.24) is 0 Å². The van der Waals surface area contributed by atoms with Gasteiger partial charge in [-0.05, 0) is 86.6 Å². The van der Waals surface area contributed by atoms with Gasteiger partial charge in [-0.25, -0.2) is 9.80 Å². The normalized spacial score (nSPS) is 29.9. The summed E-state index contributed by atoms with van der Waals surface area (Å²) in [6, 6.07) is 19.4. The number of hydrogen-bond donors (Lipinski definition) is 1. The summed E-state index contributed by atoms with van der Waals surface area (Å²) < 4.78 is 0. The quantitative estimate of drug-likeness (QED) is 0.292. The maximum Gasteiger partial charge on any atom is 0.241 e. The lowest BCUT2D eigenvalue weighted by molar-refractivity contribution is -0.131. The average molecular weight is 595 g/mol. The number of fused-ring (bicyclic) bond motifs is 4. The topological polar surface area (TPSA) is 95.0 Å². The number of halogens is 1. The number of phenols is 1. The number of imide groups is 2. The molecule has 2 aliphatic carbocycles. The van der Waals surface area contributed by atoms with Crippen LogP contribution in [0.1, 0.15) is 42.4 Å². The number of aromatic hydroxyl groups is 1. The number of carbonyl (C=O) groups excluding carboxylic acids is 4. The highest BCUT2D eigenvalue weighted by Gasteiger charge is 2.67. The number of hydrogen-bond acceptors (Lipinski definition) is 5. The Morgan fingerprint density at radius 3 is 2.26 bits per heavy atom. The van der Waals surface area contributed by atoms with E-state index in [1.165, 1.54) is 9.80 Å². The van der Waals surface area contributed by atoms with Gasteiger partial charge >= 0.3 is 0 Å². The van der Waals surface area contributed by atoms with Gasteiger partial charge in [0.1, 0.15) is 5.75 Å². The minimum absolute atomic E-state index is 0.138. The zero-order valence-electron chi connectivity index (χ0n) is 24.1. The average Bonchev–Trinajstić information content (AvgIpc) is 3.36. The minimum Gasteiger partial charge on any atom is -0.508 e. The number of para-hydroxylation sites is 1. The van der Waals surface area contributed by atoms with Crippen molar-refractivity contribution in [3.05, 3.63) is 100 Å². The number of aryl methyl sites for hydroxylation is 2. The third-order valence-electron chi connectivity index (χ3n) is 10.3. The van der Waals surface area contributed by atoms with Crippen LogP contribution in [-0.2, 0) is 19.2 Å². The lowest BCUT2D eigenvalue weighted by atomic mass is 9.51. The zero-order valence-corrected chi connectivity index (χ0v) is 24.8. The molecule has 4 amide bonds. The molecule has 43 heavy (non-hydrogen) atoms. The van der Waals surface area contributed by atoms with E-state index in [9.17, 15) is 24.3 Å². The molecule has 3 aromatic rings. The fourth-order valence-corrected chi connectivity index (χ4v) is 8.23. The number of carbonyl (C=O) groups is 4. The molecule has 7 rings (SSSR count). The Labute approximate surface area is 254 Å². The van der Waals surface area contributed by atoms with Crippen molar-refractivity contribution in [2.75, 3.05) is 9.80 Å². The molecule has 2 aliphatic heterocycles. The lowest BCUT2D eigenvalue weighted by Gasteiger charge is -2.49. The molecule has 218 valence electrons. The second-order valence-corrected chi connectivity index (χ2v) is 12.9. The maximum absolute atomic E-state index is 14.4. The van der Waals surface area contributed by atoms with E-state index in [2.05, 4.69) is 0 Å². The summed E-state index contributed by atoms with van der Waals surface area (Å²) in [6.45, 7) is 5.52. The highest BCUT2D eigenvalue weighted by molar-refractivity contribution is 6.32. The molecule has 0 radical (unpaired) electrons. The highest BCUT2D eigenvalue weighted by Crippen LogP contribution is 2.63. The van der Waals surface area contributed by atoms with Crippen LogP contribution in [0.2, 0.25) is 5.02 Å². The van der Waals surface area contributed by atoms with E-state index in [0.717, 1.165) is 16.7 Å². The first kappa shape index (κ1) is 27.6. The van der Waals surface area contributed by atoms with Gasteiger partial charge in [0.15, 0.2) is 0 Å². The number of allylic oxidation sites excluding steroid dienone is 2. The molecule has 7 nitrogen and oxygen atoms in total. The zero-order chi connectivity index (χ0) is 30.4. The van der Waals surface area contributed by atoms with Crippen molar-refractivity contribution < 1.29 is 24.3 Å². The Bertz CT molecular complexity index is 1770. The summed E-state index contributed by atoms with van der Waals surface area (Å²) in [5, 5.41) is 10.8. The molecule has 8 heteroatoms. The fraction of sp³-hybridized carbons (Fsp3) is 0.314. The third kappa shape index (κ3) is 3.80. The minimum atomic E-state index is -1.12. The van der Waals surface area contributed by atoms with Gasteiger partial charge < -0.3 is 5.11 Å². The molecule has 3 fully saturated rings. The molecule has 0 bridgehead atoms. The standard InChI is InChI=1S/C35H31ClN2O5/c1-18-9-11-22(16-27(18)36)37-31(40)24-13-12-23-25(29(24)33(37)42)17-26-32(41)38(21-7-5-4-6-8-21)34(43)35(26,3)30(23)20-10-14-28(39)19(2)15-20/h4-12,14-16,24-26,29-30,39H,13,17H2,1-3H3/t24-,25+,26-,29-,30-,35+/m0/s1. The Morgan fingerprint density at radius 2 is 1.56 bits per heavy atom. The van der Waals surface area contributed by atoms with Crippen molar-refractivity contribution in [3.63, 3.8) is 0 Å². The van der Waals surface area contributed by atoms with Crippen LogP contribution in [0.25, 0.3) is 0 Å². The van der Waals surface area contributed by atoms with Crippen LogP contribution in [0.3, 0.4) is 0 Å². The molecular formula is C35H31ClN2O5. The summed E-state index contributed by atoms with van der Waals surface area (Å²) in [5.41, 5.74) is 3.03. The van der Waals surface area contributed by atoms with Gasteiger partial charge in [0.05, 0.1) is 34.5 Å². The summed E-state index contributed by atoms with van der Waals surface area (Å²) in [7, 11) is 0. The smallest absolute Gasteiger partial charge is 0.241 e. The van der Waals surface area contributed by atoms with E-state index in [1.807, 2.05) is 32.1 Å². The first-order valence-electron chi connectivity index (χ1n) is 14.6. The van der Waals surface area contributed by atoms with Crippen LogP contribution < -0.4 is 9.80 Å². The van der Waals surface area contributed by atoms with Crippen molar-refractivity contribution >= 4 is 46.6 Å². The van der Waals surface area contributed by atoms with E-state index < -0.39 is 35.0 Å². The van der Waals surface area contributed by atoms with E-state index in [0.29, 0.717) is 28.4 Å². The second-order valence-electron chi connectivity index (χ2n) is 12.5. The van der Waals surface area contributed by atoms with Crippen LogP contribution in [0, 0.1) is 42.9 Å². The van der Waals surface area contributed by atoms with Gasteiger partial charge in [-0.1, -0.05) is 59.6 Å². The first-order valence-corrected chi connectivity index (χ1v) is 15.0. The van der Waals surface area contributed by atoms with Crippen molar-refractivity contribution in [2.45, 2.75) is 39.5 Å². The van der Waals surface area contributed by atoms with Crippen molar-refractivity contribution in [3.8, 4) is 5.75 Å². The maximum atomic E-state index is 14.4. The van der Waals surface area contributed by atoms with Crippen LogP contribution >= 0.6 is 11.6 Å². The molecule has 1 saturated carbocycles. The summed E-state index contributed by atoms with van der Waals surface area (Å²) in [4.78, 5) is 59.1. The van der Waals surface area contributed by atoms with E-state index in [1.54, 1.807) is 61.5 Å². The van der Waals surface area contributed by atoms with E-state index >= 15 is 0 Å².